The Labute approximate surface area is 178 Å². The lowest BCUT2D eigenvalue weighted by Crippen LogP contribution is -2.21. The number of fused-ring (bicyclic) bond motifs is 1. The predicted molar refractivity (Wildman–Crippen MR) is 119 cm³/mol. The second kappa shape index (κ2) is 7.68. The molecule has 0 saturated carbocycles. The van der Waals surface area contributed by atoms with Crippen LogP contribution in [0.4, 0.5) is 21.2 Å². The molecule has 0 spiro atoms. The quantitative estimate of drug-likeness (QED) is 0.457. The molecule has 4 aromatic rings. The molecule has 5 rings (SSSR count). The van der Waals surface area contributed by atoms with Crippen LogP contribution in [0.2, 0.25) is 0 Å². The van der Waals surface area contributed by atoms with E-state index in [9.17, 15) is 4.39 Å². The van der Waals surface area contributed by atoms with E-state index in [-0.39, 0.29) is 5.82 Å². The normalized spacial score (nSPS) is 14.0. The monoisotopic (exact) mass is 422 g/mol. The summed E-state index contributed by atoms with van der Waals surface area (Å²) in [6.07, 6.45) is 3.22. The first kappa shape index (κ1) is 19.0. The highest BCUT2D eigenvalue weighted by Crippen LogP contribution is 2.33. The van der Waals surface area contributed by atoms with Gasteiger partial charge in [-0.15, -0.1) is 16.4 Å². The van der Waals surface area contributed by atoms with Gasteiger partial charge in [0.05, 0.1) is 11.4 Å². The Balaban J connectivity index is 1.54. The maximum Gasteiger partial charge on any atom is 0.191 e. The van der Waals surface area contributed by atoms with Crippen LogP contribution in [0.5, 0.6) is 0 Å². The summed E-state index contributed by atoms with van der Waals surface area (Å²) in [7, 11) is 2.00. The first-order valence-corrected chi connectivity index (χ1v) is 11.1. The summed E-state index contributed by atoms with van der Waals surface area (Å²) >= 11 is 1.55. The van der Waals surface area contributed by atoms with E-state index in [4.69, 9.17) is 15.1 Å². The highest BCUT2D eigenvalue weighted by molar-refractivity contribution is 7.14. The molecule has 0 bridgehead atoms. The van der Waals surface area contributed by atoms with Gasteiger partial charge in [-0.1, -0.05) is 6.92 Å². The molecular formula is C22H23FN6S. The highest BCUT2D eigenvalue weighted by atomic mass is 32.1. The second-order valence-electron chi connectivity index (χ2n) is 7.47. The summed E-state index contributed by atoms with van der Waals surface area (Å²) in [5.41, 5.74) is 3.56. The van der Waals surface area contributed by atoms with E-state index >= 15 is 0 Å². The molecule has 8 heteroatoms. The van der Waals surface area contributed by atoms with Crippen molar-refractivity contribution in [1.82, 2.24) is 19.6 Å². The number of benzene rings is 1. The van der Waals surface area contributed by atoms with Crippen LogP contribution in [0.1, 0.15) is 25.5 Å². The predicted octanol–water partition coefficient (Wildman–Crippen LogP) is 4.92. The van der Waals surface area contributed by atoms with Gasteiger partial charge >= 0.3 is 0 Å². The summed E-state index contributed by atoms with van der Waals surface area (Å²) in [6.45, 7) is 4.20. The SMILES string of the molecule is CCc1nc2ccc(N3CCCC3)nn2c1N(C)c1nc(-c2ccc(F)cc2)cs1. The van der Waals surface area contributed by atoms with Gasteiger partial charge in [0.1, 0.15) is 11.6 Å². The number of hydrogen-bond donors (Lipinski definition) is 0. The van der Waals surface area contributed by atoms with Crippen LogP contribution >= 0.6 is 11.3 Å². The maximum atomic E-state index is 13.3. The van der Waals surface area contributed by atoms with Crippen LogP contribution in [-0.2, 0) is 6.42 Å². The zero-order valence-corrected chi connectivity index (χ0v) is 17.9. The van der Waals surface area contributed by atoms with Crippen molar-refractivity contribution in [2.45, 2.75) is 26.2 Å². The van der Waals surface area contributed by atoms with Gasteiger partial charge in [-0.3, -0.25) is 0 Å². The first-order valence-electron chi connectivity index (χ1n) is 10.2. The number of aryl methyl sites for hydroxylation is 1. The molecule has 1 fully saturated rings. The number of rotatable bonds is 5. The van der Waals surface area contributed by atoms with Crippen molar-refractivity contribution in [3.63, 3.8) is 0 Å². The first-order chi connectivity index (χ1) is 14.6. The number of hydrogen-bond acceptors (Lipinski definition) is 6. The molecule has 4 heterocycles. The summed E-state index contributed by atoms with van der Waals surface area (Å²) < 4.78 is 15.2. The van der Waals surface area contributed by atoms with E-state index in [1.807, 2.05) is 23.0 Å². The minimum atomic E-state index is -0.246. The van der Waals surface area contributed by atoms with Crippen molar-refractivity contribution >= 4 is 33.8 Å². The Kier molecular flexibility index (Phi) is 4.86. The number of thiazole rings is 1. The molecule has 0 unspecified atom stereocenters. The van der Waals surface area contributed by atoms with Crippen LogP contribution in [0.15, 0.2) is 41.8 Å². The largest absolute Gasteiger partial charge is 0.355 e. The molecule has 154 valence electrons. The van der Waals surface area contributed by atoms with Gasteiger partial charge in [0, 0.05) is 31.1 Å². The molecular weight excluding hydrogens is 399 g/mol. The van der Waals surface area contributed by atoms with E-state index < -0.39 is 0 Å². The van der Waals surface area contributed by atoms with Crippen molar-refractivity contribution in [2.24, 2.45) is 0 Å². The van der Waals surface area contributed by atoms with E-state index in [0.29, 0.717) is 0 Å². The lowest BCUT2D eigenvalue weighted by Gasteiger charge is -2.19. The fourth-order valence-corrected chi connectivity index (χ4v) is 4.71. The van der Waals surface area contributed by atoms with Gasteiger partial charge in [0.25, 0.3) is 0 Å². The fraction of sp³-hybridized carbons (Fsp3) is 0.318. The van der Waals surface area contributed by atoms with Gasteiger partial charge in [-0.2, -0.15) is 4.52 Å². The van der Waals surface area contributed by atoms with Crippen molar-refractivity contribution in [3.05, 3.63) is 53.3 Å². The third-order valence-corrected chi connectivity index (χ3v) is 6.43. The van der Waals surface area contributed by atoms with Crippen LogP contribution in [0, 0.1) is 5.82 Å². The van der Waals surface area contributed by atoms with Crippen molar-refractivity contribution in [1.29, 1.82) is 0 Å². The minimum Gasteiger partial charge on any atom is -0.355 e. The molecule has 1 aliphatic rings. The molecule has 6 nitrogen and oxygen atoms in total. The van der Waals surface area contributed by atoms with Gasteiger partial charge in [-0.05, 0) is 55.7 Å². The van der Waals surface area contributed by atoms with Crippen LogP contribution in [0.3, 0.4) is 0 Å². The van der Waals surface area contributed by atoms with Gasteiger partial charge in [-0.25, -0.2) is 14.4 Å². The lowest BCUT2D eigenvalue weighted by molar-refractivity contribution is 0.628. The number of anilines is 3. The molecule has 30 heavy (non-hydrogen) atoms. The standard InChI is InChI=1S/C22H23FN6S/c1-3-17-21(29-19(24-17)10-11-20(26-29)28-12-4-5-13-28)27(2)22-25-18(14-30-22)15-6-8-16(23)9-7-15/h6-11,14H,3-5,12-13H2,1-2H3. The van der Waals surface area contributed by atoms with Gasteiger partial charge < -0.3 is 9.80 Å². The Hall–Kier alpha value is -3.00. The number of imidazole rings is 1. The average Bonchev–Trinajstić information content (AvgIpc) is 3.52. The molecule has 1 saturated heterocycles. The third-order valence-electron chi connectivity index (χ3n) is 5.51. The van der Waals surface area contributed by atoms with Crippen molar-refractivity contribution in [3.8, 4) is 11.3 Å². The summed E-state index contributed by atoms with van der Waals surface area (Å²) in [5.74, 6) is 1.68. The van der Waals surface area contributed by atoms with Gasteiger partial charge in [0.2, 0.25) is 0 Å². The van der Waals surface area contributed by atoms with E-state index in [0.717, 1.165) is 58.9 Å². The molecule has 1 aliphatic heterocycles. The number of aromatic nitrogens is 4. The van der Waals surface area contributed by atoms with E-state index in [2.05, 4.69) is 22.8 Å². The minimum absolute atomic E-state index is 0.246. The second-order valence-corrected chi connectivity index (χ2v) is 8.31. The summed E-state index contributed by atoms with van der Waals surface area (Å²) in [5, 5.41) is 7.76. The summed E-state index contributed by atoms with van der Waals surface area (Å²) in [6, 6.07) is 10.5. The van der Waals surface area contributed by atoms with Crippen LogP contribution in [-0.4, -0.2) is 39.7 Å². The average molecular weight is 423 g/mol. The van der Waals surface area contributed by atoms with Crippen molar-refractivity contribution in [2.75, 3.05) is 29.9 Å². The Morgan fingerprint density at radius 2 is 1.83 bits per heavy atom. The topological polar surface area (TPSA) is 49.6 Å². The maximum absolute atomic E-state index is 13.3. The number of nitrogens with zero attached hydrogens (tertiary/aromatic N) is 6. The Bertz CT molecular complexity index is 1180. The Morgan fingerprint density at radius 3 is 2.57 bits per heavy atom. The van der Waals surface area contributed by atoms with Crippen LogP contribution in [0.25, 0.3) is 16.9 Å². The molecule has 0 amide bonds. The molecule has 3 aromatic heterocycles. The molecule has 0 aliphatic carbocycles. The zero-order valence-electron chi connectivity index (χ0n) is 17.0. The zero-order chi connectivity index (χ0) is 20.7. The fourth-order valence-electron chi connectivity index (χ4n) is 3.91. The van der Waals surface area contributed by atoms with E-state index in [1.165, 1.54) is 25.0 Å². The number of halogens is 1. The summed E-state index contributed by atoms with van der Waals surface area (Å²) in [4.78, 5) is 14.0. The smallest absolute Gasteiger partial charge is 0.191 e. The van der Waals surface area contributed by atoms with Crippen LogP contribution < -0.4 is 9.80 Å². The Morgan fingerprint density at radius 1 is 1.07 bits per heavy atom. The highest BCUT2D eigenvalue weighted by Gasteiger charge is 2.21. The molecule has 0 N–H and O–H groups in total. The molecule has 1 aromatic carbocycles. The van der Waals surface area contributed by atoms with E-state index in [1.54, 1.807) is 23.5 Å². The van der Waals surface area contributed by atoms with Crippen molar-refractivity contribution < 1.29 is 4.39 Å². The lowest BCUT2D eigenvalue weighted by atomic mass is 10.2. The van der Waals surface area contributed by atoms with Gasteiger partial charge in [0.15, 0.2) is 16.6 Å². The molecule has 0 atom stereocenters. The molecule has 0 radical (unpaired) electrons. The third kappa shape index (κ3) is 3.31.